The molecule has 1 aliphatic heterocycles. The van der Waals surface area contributed by atoms with Gasteiger partial charge in [0.05, 0.1) is 0 Å². The van der Waals surface area contributed by atoms with Crippen molar-refractivity contribution >= 4 is 28.9 Å². The van der Waals surface area contributed by atoms with Crippen molar-refractivity contribution in [3.8, 4) is 0 Å². The van der Waals surface area contributed by atoms with Crippen LogP contribution in [0.1, 0.15) is 35.3 Å². The van der Waals surface area contributed by atoms with Crippen molar-refractivity contribution < 1.29 is 4.79 Å². The van der Waals surface area contributed by atoms with Gasteiger partial charge in [0.2, 0.25) is 0 Å². The highest BCUT2D eigenvalue weighted by molar-refractivity contribution is 6.31. The lowest BCUT2D eigenvalue weighted by atomic mass is 10.1. The molecule has 1 saturated heterocycles. The normalized spacial score (nSPS) is 14.6. The molecule has 0 saturated carbocycles. The molecule has 0 unspecified atom stereocenters. The van der Waals surface area contributed by atoms with Crippen LogP contribution in [0, 0.1) is 6.92 Å². The molecule has 2 heterocycles. The van der Waals surface area contributed by atoms with E-state index in [1.807, 2.05) is 31.2 Å². The fourth-order valence-electron chi connectivity index (χ4n) is 2.81. The second kappa shape index (κ2) is 7.01. The summed E-state index contributed by atoms with van der Waals surface area (Å²) in [5.41, 5.74) is 3.17. The molecule has 1 aromatic heterocycles. The first-order chi connectivity index (χ1) is 11.1. The van der Waals surface area contributed by atoms with Gasteiger partial charge >= 0.3 is 0 Å². The fraction of sp³-hybridized carbons (Fsp3) is 0.333. The topological polar surface area (TPSA) is 45.2 Å². The first kappa shape index (κ1) is 15.8. The number of aryl methyl sites for hydroxylation is 1. The minimum absolute atomic E-state index is 0.214. The summed E-state index contributed by atoms with van der Waals surface area (Å²) in [6.07, 6.45) is 5.38. The van der Waals surface area contributed by atoms with E-state index in [-0.39, 0.29) is 5.91 Å². The van der Waals surface area contributed by atoms with Crippen molar-refractivity contribution in [1.82, 2.24) is 4.98 Å². The smallest absolute Gasteiger partial charge is 0.274 e. The molecule has 0 bridgehead atoms. The van der Waals surface area contributed by atoms with Crippen LogP contribution in [0.2, 0.25) is 5.02 Å². The van der Waals surface area contributed by atoms with E-state index in [1.54, 1.807) is 12.3 Å². The number of carbonyl (C=O) groups excluding carboxylic acids is 1. The summed E-state index contributed by atoms with van der Waals surface area (Å²) in [5, 5.41) is 3.49. The van der Waals surface area contributed by atoms with Crippen molar-refractivity contribution in [2.24, 2.45) is 0 Å². The van der Waals surface area contributed by atoms with Crippen molar-refractivity contribution in [3.05, 3.63) is 52.8 Å². The predicted octanol–water partition coefficient (Wildman–Crippen LogP) is 4.29. The third kappa shape index (κ3) is 3.82. The number of aromatic nitrogens is 1. The molecule has 3 rings (SSSR count). The maximum absolute atomic E-state index is 12.5. The Morgan fingerprint density at radius 3 is 2.74 bits per heavy atom. The lowest BCUT2D eigenvalue weighted by molar-refractivity contribution is 0.102. The van der Waals surface area contributed by atoms with Gasteiger partial charge in [-0.2, -0.15) is 0 Å². The summed E-state index contributed by atoms with van der Waals surface area (Å²) in [6, 6.07) is 9.27. The molecule has 1 aliphatic rings. The number of nitrogens with zero attached hydrogens (tertiary/aromatic N) is 2. The number of anilines is 2. The van der Waals surface area contributed by atoms with E-state index in [0.717, 1.165) is 24.3 Å². The number of benzene rings is 1. The Kier molecular flexibility index (Phi) is 4.82. The molecule has 0 spiro atoms. The average molecular weight is 330 g/mol. The zero-order valence-corrected chi connectivity index (χ0v) is 13.9. The maximum atomic E-state index is 12.5. The second-order valence-electron chi connectivity index (χ2n) is 5.86. The highest BCUT2D eigenvalue weighted by Gasteiger charge is 2.14. The summed E-state index contributed by atoms with van der Waals surface area (Å²) in [5.74, 6) is -0.214. The summed E-state index contributed by atoms with van der Waals surface area (Å²) in [7, 11) is 0. The number of hydrogen-bond acceptors (Lipinski definition) is 3. The molecule has 2 aromatic rings. The molecule has 0 atom stereocenters. The van der Waals surface area contributed by atoms with Gasteiger partial charge < -0.3 is 10.2 Å². The van der Waals surface area contributed by atoms with Gasteiger partial charge in [-0.3, -0.25) is 9.78 Å². The van der Waals surface area contributed by atoms with E-state index < -0.39 is 0 Å². The number of piperidine rings is 1. The number of pyridine rings is 1. The Bertz CT molecular complexity index is 711. The van der Waals surface area contributed by atoms with Gasteiger partial charge in [0.15, 0.2) is 0 Å². The highest BCUT2D eigenvalue weighted by Crippen LogP contribution is 2.22. The Morgan fingerprint density at radius 1 is 1.17 bits per heavy atom. The van der Waals surface area contributed by atoms with E-state index in [2.05, 4.69) is 15.2 Å². The number of amides is 1. The minimum atomic E-state index is -0.214. The molecular formula is C18H20ClN3O. The molecule has 1 fully saturated rings. The van der Waals surface area contributed by atoms with E-state index in [9.17, 15) is 4.79 Å². The van der Waals surface area contributed by atoms with Crippen LogP contribution in [0.4, 0.5) is 11.4 Å². The zero-order valence-electron chi connectivity index (χ0n) is 13.2. The summed E-state index contributed by atoms with van der Waals surface area (Å²) in [6.45, 7) is 4.01. The molecule has 120 valence electrons. The minimum Gasteiger partial charge on any atom is -0.371 e. The van der Waals surface area contributed by atoms with Crippen molar-refractivity contribution in [3.63, 3.8) is 0 Å². The molecule has 1 aromatic carbocycles. The van der Waals surface area contributed by atoms with Gasteiger partial charge in [0, 0.05) is 35.7 Å². The van der Waals surface area contributed by atoms with Crippen molar-refractivity contribution in [1.29, 1.82) is 0 Å². The predicted molar refractivity (Wildman–Crippen MR) is 94.4 cm³/mol. The Labute approximate surface area is 141 Å². The highest BCUT2D eigenvalue weighted by atomic mass is 35.5. The van der Waals surface area contributed by atoms with Crippen LogP contribution in [-0.2, 0) is 0 Å². The van der Waals surface area contributed by atoms with Crippen LogP contribution in [0.15, 0.2) is 36.5 Å². The van der Waals surface area contributed by atoms with Gasteiger partial charge in [0.25, 0.3) is 5.91 Å². The lowest BCUT2D eigenvalue weighted by Crippen LogP contribution is -2.29. The largest absolute Gasteiger partial charge is 0.371 e. The molecular weight excluding hydrogens is 310 g/mol. The summed E-state index contributed by atoms with van der Waals surface area (Å²) >= 11 is 6.00. The Morgan fingerprint density at radius 2 is 1.96 bits per heavy atom. The van der Waals surface area contributed by atoms with Crippen LogP contribution in [0.25, 0.3) is 0 Å². The van der Waals surface area contributed by atoms with Crippen LogP contribution < -0.4 is 10.2 Å². The van der Waals surface area contributed by atoms with E-state index in [0.29, 0.717) is 16.4 Å². The summed E-state index contributed by atoms with van der Waals surface area (Å²) < 4.78 is 0. The number of carbonyl (C=O) groups is 1. The molecule has 5 heteroatoms. The van der Waals surface area contributed by atoms with Crippen LogP contribution in [0.3, 0.4) is 0 Å². The number of halogens is 1. The first-order valence-electron chi connectivity index (χ1n) is 7.92. The third-order valence-corrected chi connectivity index (χ3v) is 4.38. The van der Waals surface area contributed by atoms with Crippen LogP contribution >= 0.6 is 11.6 Å². The maximum Gasteiger partial charge on any atom is 0.274 e. The third-order valence-electron chi connectivity index (χ3n) is 4.15. The Balaban J connectivity index is 1.78. The van der Waals surface area contributed by atoms with Crippen molar-refractivity contribution in [2.45, 2.75) is 26.2 Å². The van der Waals surface area contributed by atoms with E-state index >= 15 is 0 Å². The molecule has 23 heavy (non-hydrogen) atoms. The molecule has 4 nitrogen and oxygen atoms in total. The standard InChI is InChI=1S/C18H20ClN3O/c1-13-5-6-14(19)11-16(13)21-18(23)17-12-15(7-8-20-17)22-9-3-2-4-10-22/h5-8,11-12H,2-4,9-10H2,1H3,(H,21,23). The zero-order chi connectivity index (χ0) is 16.2. The number of rotatable bonds is 3. The van der Waals surface area contributed by atoms with Gasteiger partial charge in [0.1, 0.15) is 5.69 Å². The lowest BCUT2D eigenvalue weighted by Gasteiger charge is -2.28. The molecule has 0 aliphatic carbocycles. The van der Waals surface area contributed by atoms with Gasteiger partial charge in [-0.25, -0.2) is 0 Å². The number of nitrogens with one attached hydrogen (secondary N) is 1. The average Bonchev–Trinajstić information content (AvgIpc) is 2.59. The van der Waals surface area contributed by atoms with Crippen molar-refractivity contribution in [2.75, 3.05) is 23.3 Å². The van der Waals surface area contributed by atoms with E-state index in [4.69, 9.17) is 11.6 Å². The van der Waals surface area contributed by atoms with Gasteiger partial charge in [-0.1, -0.05) is 17.7 Å². The molecule has 0 radical (unpaired) electrons. The Hall–Kier alpha value is -2.07. The van der Waals surface area contributed by atoms with Crippen LogP contribution in [-0.4, -0.2) is 24.0 Å². The van der Waals surface area contributed by atoms with Crippen LogP contribution in [0.5, 0.6) is 0 Å². The second-order valence-corrected chi connectivity index (χ2v) is 6.30. The molecule has 1 N–H and O–H groups in total. The fourth-order valence-corrected chi connectivity index (χ4v) is 2.98. The first-order valence-corrected chi connectivity index (χ1v) is 8.30. The van der Waals surface area contributed by atoms with E-state index in [1.165, 1.54) is 19.3 Å². The SMILES string of the molecule is Cc1ccc(Cl)cc1NC(=O)c1cc(N2CCCCC2)ccn1. The molecule has 1 amide bonds. The summed E-state index contributed by atoms with van der Waals surface area (Å²) in [4.78, 5) is 19.0. The van der Waals surface area contributed by atoms with Gasteiger partial charge in [-0.15, -0.1) is 0 Å². The quantitative estimate of drug-likeness (QED) is 0.913. The number of hydrogen-bond donors (Lipinski definition) is 1. The monoisotopic (exact) mass is 329 g/mol. The van der Waals surface area contributed by atoms with Gasteiger partial charge in [-0.05, 0) is 56.0 Å².